The van der Waals surface area contributed by atoms with Crippen LogP contribution in [0.2, 0.25) is 0 Å². The molecule has 3 rings (SSSR count). The van der Waals surface area contributed by atoms with E-state index in [4.69, 9.17) is 4.74 Å². The molecule has 5 heteroatoms. The molecular formula is C19H28N2O2S. The number of hydrogen-bond donors (Lipinski definition) is 0. The van der Waals surface area contributed by atoms with Gasteiger partial charge in [-0.3, -0.25) is 4.79 Å². The fraction of sp³-hybridized carbons (Fsp3) is 0.632. The van der Waals surface area contributed by atoms with Gasteiger partial charge < -0.3 is 14.5 Å². The largest absolute Gasteiger partial charge is 0.497 e. The minimum atomic E-state index is 0.135. The predicted molar refractivity (Wildman–Crippen MR) is 99.8 cm³/mol. The van der Waals surface area contributed by atoms with E-state index in [9.17, 15) is 4.79 Å². The number of rotatable bonds is 6. The Labute approximate surface area is 149 Å². The normalized spacial score (nSPS) is 20.9. The molecule has 0 N–H and O–H groups in total. The average Bonchev–Trinajstić information content (AvgIpc) is 3.12. The molecule has 2 aliphatic rings. The fourth-order valence-corrected chi connectivity index (χ4v) is 4.57. The van der Waals surface area contributed by atoms with Gasteiger partial charge in [-0.1, -0.05) is 6.07 Å². The molecule has 0 bridgehead atoms. The number of amides is 1. The van der Waals surface area contributed by atoms with Crippen molar-refractivity contribution in [2.24, 2.45) is 0 Å². The van der Waals surface area contributed by atoms with Gasteiger partial charge in [0.25, 0.3) is 0 Å². The van der Waals surface area contributed by atoms with Gasteiger partial charge in [0.2, 0.25) is 5.91 Å². The van der Waals surface area contributed by atoms with E-state index in [1.165, 1.54) is 37.1 Å². The maximum absolute atomic E-state index is 12.6. The monoisotopic (exact) mass is 348 g/mol. The number of likely N-dealkylation sites (tertiary alicyclic amines) is 1. The maximum Gasteiger partial charge on any atom is 0.233 e. The first-order chi connectivity index (χ1) is 11.7. The van der Waals surface area contributed by atoms with Crippen molar-refractivity contribution in [3.63, 3.8) is 0 Å². The number of hydrogen-bond acceptors (Lipinski definition) is 4. The van der Waals surface area contributed by atoms with Crippen molar-refractivity contribution in [3.8, 4) is 5.75 Å². The fourth-order valence-electron chi connectivity index (χ4n) is 3.70. The number of benzene rings is 1. The Morgan fingerprint density at radius 3 is 2.83 bits per heavy atom. The summed E-state index contributed by atoms with van der Waals surface area (Å²) in [6.07, 6.45) is 3.60. The first-order valence-electron chi connectivity index (χ1n) is 8.95. The first kappa shape index (κ1) is 17.6. The third kappa shape index (κ3) is 4.06. The van der Waals surface area contributed by atoms with Crippen LogP contribution in [0.5, 0.6) is 5.75 Å². The summed E-state index contributed by atoms with van der Waals surface area (Å²) >= 11 is 1.78. The molecule has 0 saturated carbocycles. The first-order valence-corrected chi connectivity index (χ1v) is 10.1. The third-order valence-electron chi connectivity index (χ3n) is 5.19. The van der Waals surface area contributed by atoms with Gasteiger partial charge in [-0.25, -0.2) is 0 Å². The predicted octanol–water partition coefficient (Wildman–Crippen LogP) is 2.97. The van der Waals surface area contributed by atoms with Gasteiger partial charge in [-0.2, -0.15) is 11.8 Å². The van der Waals surface area contributed by atoms with Gasteiger partial charge in [0.1, 0.15) is 5.75 Å². The molecule has 0 aromatic heterocycles. The summed E-state index contributed by atoms with van der Waals surface area (Å²) in [6.45, 7) is 6.54. The summed E-state index contributed by atoms with van der Waals surface area (Å²) in [4.78, 5) is 17.2. The highest BCUT2D eigenvalue weighted by Crippen LogP contribution is 2.32. The van der Waals surface area contributed by atoms with Crippen LogP contribution in [0, 0.1) is 0 Å². The molecule has 2 heterocycles. The molecule has 1 saturated heterocycles. The van der Waals surface area contributed by atoms with E-state index in [1.54, 1.807) is 18.9 Å². The Morgan fingerprint density at radius 2 is 2.08 bits per heavy atom. The van der Waals surface area contributed by atoms with Gasteiger partial charge in [-0.15, -0.1) is 0 Å². The van der Waals surface area contributed by atoms with Gasteiger partial charge in [-0.05, 0) is 62.5 Å². The standard InChI is InChI=1S/C19H28N2O2S/c1-15-18-13-17(23-2)6-5-16(18)7-10-21(15)19(22)14-24-12-11-20-8-3-4-9-20/h5-6,13,15H,3-4,7-12,14H2,1-2H3. The Bertz CT molecular complexity index is 572. The van der Waals surface area contributed by atoms with Crippen molar-refractivity contribution in [1.29, 1.82) is 0 Å². The topological polar surface area (TPSA) is 32.8 Å². The number of methoxy groups -OCH3 is 1. The number of nitrogens with zero attached hydrogens (tertiary/aromatic N) is 2. The van der Waals surface area contributed by atoms with Gasteiger partial charge in [0.05, 0.1) is 18.9 Å². The molecule has 132 valence electrons. The highest BCUT2D eigenvalue weighted by atomic mass is 32.2. The van der Waals surface area contributed by atoms with E-state index in [0.717, 1.165) is 31.0 Å². The minimum Gasteiger partial charge on any atom is -0.497 e. The molecule has 4 nitrogen and oxygen atoms in total. The average molecular weight is 349 g/mol. The highest BCUT2D eigenvalue weighted by molar-refractivity contribution is 7.99. The van der Waals surface area contributed by atoms with E-state index in [-0.39, 0.29) is 11.9 Å². The van der Waals surface area contributed by atoms with Crippen LogP contribution in [0.4, 0.5) is 0 Å². The van der Waals surface area contributed by atoms with Crippen LogP contribution in [0.15, 0.2) is 18.2 Å². The van der Waals surface area contributed by atoms with E-state index in [2.05, 4.69) is 24.0 Å². The summed E-state index contributed by atoms with van der Waals surface area (Å²) in [5, 5.41) is 0. The second-order valence-corrected chi connectivity index (χ2v) is 7.78. The molecule has 2 aliphatic heterocycles. The lowest BCUT2D eigenvalue weighted by atomic mass is 9.93. The Kier molecular flexibility index (Phi) is 6.06. The van der Waals surface area contributed by atoms with Crippen LogP contribution in [-0.2, 0) is 11.2 Å². The second kappa shape index (κ2) is 8.26. The Hall–Kier alpha value is -1.20. The van der Waals surface area contributed by atoms with E-state index >= 15 is 0 Å². The summed E-state index contributed by atoms with van der Waals surface area (Å²) in [5.74, 6) is 2.79. The van der Waals surface area contributed by atoms with E-state index < -0.39 is 0 Å². The molecule has 0 radical (unpaired) electrons. The summed E-state index contributed by atoms with van der Waals surface area (Å²) in [7, 11) is 1.69. The zero-order valence-corrected chi connectivity index (χ0v) is 15.6. The molecule has 1 unspecified atom stereocenters. The van der Waals surface area contributed by atoms with Crippen LogP contribution in [-0.4, -0.2) is 60.5 Å². The van der Waals surface area contributed by atoms with Crippen molar-refractivity contribution in [1.82, 2.24) is 9.80 Å². The zero-order chi connectivity index (χ0) is 16.9. The molecule has 1 aromatic carbocycles. The summed E-state index contributed by atoms with van der Waals surface area (Å²) < 4.78 is 5.34. The van der Waals surface area contributed by atoms with Crippen LogP contribution in [0.25, 0.3) is 0 Å². The van der Waals surface area contributed by atoms with Crippen molar-refractivity contribution in [2.45, 2.75) is 32.2 Å². The van der Waals surface area contributed by atoms with Crippen LogP contribution >= 0.6 is 11.8 Å². The van der Waals surface area contributed by atoms with E-state index in [0.29, 0.717) is 5.75 Å². The van der Waals surface area contributed by atoms with E-state index in [1.807, 2.05) is 11.0 Å². The van der Waals surface area contributed by atoms with Crippen molar-refractivity contribution >= 4 is 17.7 Å². The van der Waals surface area contributed by atoms with Crippen molar-refractivity contribution < 1.29 is 9.53 Å². The lowest BCUT2D eigenvalue weighted by Crippen LogP contribution is -2.40. The molecule has 0 spiro atoms. The van der Waals surface area contributed by atoms with Crippen molar-refractivity contribution in [2.75, 3.05) is 44.8 Å². The molecule has 24 heavy (non-hydrogen) atoms. The van der Waals surface area contributed by atoms with Gasteiger partial charge >= 0.3 is 0 Å². The highest BCUT2D eigenvalue weighted by Gasteiger charge is 2.27. The quantitative estimate of drug-likeness (QED) is 0.740. The zero-order valence-electron chi connectivity index (χ0n) is 14.8. The minimum absolute atomic E-state index is 0.135. The molecule has 1 fully saturated rings. The maximum atomic E-state index is 12.6. The SMILES string of the molecule is COc1ccc2c(c1)C(C)N(C(=O)CSCCN1CCCC1)CC2. The van der Waals surface area contributed by atoms with Crippen LogP contribution in [0.1, 0.15) is 36.9 Å². The molecule has 1 atom stereocenters. The van der Waals surface area contributed by atoms with Crippen molar-refractivity contribution in [3.05, 3.63) is 29.3 Å². The number of carbonyl (C=O) groups is 1. The third-order valence-corrected chi connectivity index (χ3v) is 6.11. The second-order valence-electron chi connectivity index (χ2n) is 6.68. The van der Waals surface area contributed by atoms with Crippen LogP contribution in [0.3, 0.4) is 0 Å². The van der Waals surface area contributed by atoms with Crippen LogP contribution < -0.4 is 4.74 Å². The number of fused-ring (bicyclic) bond motifs is 1. The Morgan fingerprint density at radius 1 is 1.29 bits per heavy atom. The molecule has 0 aliphatic carbocycles. The molecule has 1 aromatic rings. The smallest absolute Gasteiger partial charge is 0.233 e. The Balaban J connectivity index is 1.51. The molecule has 1 amide bonds. The molecular weight excluding hydrogens is 320 g/mol. The van der Waals surface area contributed by atoms with Gasteiger partial charge in [0.15, 0.2) is 0 Å². The summed E-state index contributed by atoms with van der Waals surface area (Å²) in [5.41, 5.74) is 2.57. The van der Waals surface area contributed by atoms with Gasteiger partial charge in [0, 0.05) is 18.8 Å². The number of ether oxygens (including phenoxy) is 1. The lowest BCUT2D eigenvalue weighted by molar-refractivity contribution is -0.130. The summed E-state index contributed by atoms with van der Waals surface area (Å²) in [6, 6.07) is 6.37. The number of carbonyl (C=O) groups excluding carboxylic acids is 1. The number of thioether (sulfide) groups is 1. The lowest BCUT2D eigenvalue weighted by Gasteiger charge is -2.35.